The van der Waals surface area contributed by atoms with Gasteiger partial charge < -0.3 is 14.0 Å². The van der Waals surface area contributed by atoms with Gasteiger partial charge in [-0.2, -0.15) is 4.57 Å². The predicted molar refractivity (Wildman–Crippen MR) is 142 cm³/mol. The minimum atomic E-state index is -4.28. The summed E-state index contributed by atoms with van der Waals surface area (Å²) < 4.78 is 69.6. The molecule has 0 aliphatic carbocycles. The summed E-state index contributed by atoms with van der Waals surface area (Å²) in [7, 11) is -8.56. The summed E-state index contributed by atoms with van der Waals surface area (Å²) in [5.41, 5.74) is 2.89. The first kappa shape index (κ1) is 30.3. The van der Waals surface area contributed by atoms with Gasteiger partial charge in [-0.15, -0.1) is 0 Å². The molecule has 0 saturated carbocycles. The summed E-state index contributed by atoms with van der Waals surface area (Å²) in [6, 6.07) is 15.7. The SMILES string of the molecule is CC(=C\c1sc2ccccc2[n+]1CCCS(=O)(=O)[O-])/C=C1/Sc2ccccc2N1CCCS(=O)(=O)[O-].[Na+]. The normalized spacial score (nSPS) is 15.3. The Kier molecular flexibility index (Phi) is 10.5. The van der Waals surface area contributed by atoms with Gasteiger partial charge in [-0.3, -0.25) is 0 Å². The Balaban J connectivity index is 0.00000380. The average Bonchev–Trinajstić information content (AvgIpc) is 3.30. The van der Waals surface area contributed by atoms with Crippen LogP contribution in [-0.4, -0.2) is 44.0 Å². The topological polar surface area (TPSA) is 122 Å². The fraction of sp³-hybridized carbons (Fsp3) is 0.292. The molecule has 8 nitrogen and oxygen atoms in total. The zero-order valence-corrected chi connectivity index (χ0v) is 25.8. The van der Waals surface area contributed by atoms with Crippen molar-refractivity contribution >= 4 is 65.3 Å². The zero-order chi connectivity index (χ0) is 25.9. The summed E-state index contributed by atoms with van der Waals surface area (Å²) >= 11 is 3.16. The number of allylic oxidation sites excluding steroid dienone is 2. The van der Waals surface area contributed by atoms with Crippen LogP contribution in [0.4, 0.5) is 5.69 Å². The van der Waals surface area contributed by atoms with Crippen LogP contribution in [0.1, 0.15) is 24.8 Å². The van der Waals surface area contributed by atoms with Gasteiger partial charge in [-0.05, 0) is 43.2 Å². The van der Waals surface area contributed by atoms with E-state index in [1.165, 1.54) is 0 Å². The van der Waals surface area contributed by atoms with Gasteiger partial charge in [0.1, 0.15) is 4.70 Å². The molecule has 0 atom stereocenters. The Morgan fingerprint density at radius 1 is 0.973 bits per heavy atom. The maximum absolute atomic E-state index is 11.1. The van der Waals surface area contributed by atoms with Crippen molar-refractivity contribution in [2.75, 3.05) is 23.0 Å². The van der Waals surface area contributed by atoms with E-state index >= 15 is 0 Å². The molecule has 3 aromatic rings. The van der Waals surface area contributed by atoms with Gasteiger partial charge >= 0.3 is 29.6 Å². The number of nitrogens with zero attached hydrogens (tertiary/aromatic N) is 2. The first-order chi connectivity index (χ1) is 17.0. The van der Waals surface area contributed by atoms with Crippen molar-refractivity contribution in [1.82, 2.24) is 0 Å². The van der Waals surface area contributed by atoms with E-state index < -0.39 is 31.7 Å². The van der Waals surface area contributed by atoms with Crippen LogP contribution in [-0.2, 0) is 26.8 Å². The molecular formula is C24H25N2NaO6S4. The maximum atomic E-state index is 11.1. The van der Waals surface area contributed by atoms with Crippen molar-refractivity contribution in [2.24, 2.45) is 0 Å². The Morgan fingerprint density at radius 2 is 1.62 bits per heavy atom. The van der Waals surface area contributed by atoms with Crippen LogP contribution in [0.25, 0.3) is 16.3 Å². The van der Waals surface area contributed by atoms with Gasteiger partial charge in [0.25, 0.3) is 5.01 Å². The molecule has 0 N–H and O–H groups in total. The smallest absolute Gasteiger partial charge is 0.748 e. The second kappa shape index (κ2) is 12.8. The molecule has 1 aliphatic heterocycles. The summed E-state index contributed by atoms with van der Waals surface area (Å²) in [5, 5.41) is 1.86. The van der Waals surface area contributed by atoms with Crippen LogP contribution in [0.2, 0.25) is 0 Å². The van der Waals surface area contributed by atoms with Crippen LogP contribution in [0.3, 0.4) is 0 Å². The van der Waals surface area contributed by atoms with Crippen LogP contribution < -0.4 is 39.0 Å². The molecule has 0 spiro atoms. The molecule has 0 unspecified atom stereocenters. The van der Waals surface area contributed by atoms with E-state index in [1.54, 1.807) is 23.1 Å². The minimum absolute atomic E-state index is 0. The molecule has 0 amide bonds. The van der Waals surface area contributed by atoms with Crippen LogP contribution in [0.5, 0.6) is 0 Å². The molecule has 1 aromatic heterocycles. The number of rotatable bonds is 10. The third kappa shape index (κ3) is 8.38. The van der Waals surface area contributed by atoms with Crippen molar-refractivity contribution in [3.63, 3.8) is 0 Å². The standard InChI is InChI=1S/C24H26N2O6S4.Na/c1-18(16-23-25(12-6-14-35(27,28)29)19-8-2-4-10-21(19)33-23)17-24-26(13-7-15-36(30,31)32)20-9-3-5-11-22(20)34-24;/h2-5,8-11,16-17H,6-7,12-15H2,1H3,(H-,27,28,29,30,31,32);/q;+1/p-1. The number of aromatic nitrogens is 1. The number of hydrogen-bond donors (Lipinski definition) is 0. The summed E-state index contributed by atoms with van der Waals surface area (Å²) in [6.45, 7) is 2.77. The van der Waals surface area contributed by atoms with E-state index in [0.29, 0.717) is 13.1 Å². The minimum Gasteiger partial charge on any atom is -0.748 e. The number of thiazole rings is 1. The Morgan fingerprint density at radius 3 is 2.35 bits per heavy atom. The van der Waals surface area contributed by atoms with E-state index in [9.17, 15) is 25.9 Å². The molecule has 0 fully saturated rings. The van der Waals surface area contributed by atoms with Gasteiger partial charge in [0.15, 0.2) is 6.54 Å². The quantitative estimate of drug-likeness (QED) is 0.195. The first-order valence-electron chi connectivity index (χ1n) is 11.2. The number of anilines is 1. The van der Waals surface area contributed by atoms with Crippen molar-refractivity contribution in [1.29, 1.82) is 0 Å². The molecule has 0 saturated heterocycles. The van der Waals surface area contributed by atoms with Crippen molar-refractivity contribution in [3.8, 4) is 0 Å². The summed E-state index contributed by atoms with van der Waals surface area (Å²) in [6.07, 6.45) is 4.49. The van der Waals surface area contributed by atoms with E-state index in [4.69, 9.17) is 0 Å². The number of para-hydroxylation sites is 2. The molecule has 0 radical (unpaired) electrons. The summed E-state index contributed by atoms with van der Waals surface area (Å²) in [4.78, 5) is 3.08. The third-order valence-corrected chi connectivity index (χ3v) is 9.33. The molecule has 1 aliphatic rings. The van der Waals surface area contributed by atoms with Crippen LogP contribution >= 0.6 is 23.1 Å². The Hall–Kier alpha value is -1.22. The van der Waals surface area contributed by atoms with Gasteiger partial charge in [-0.25, -0.2) is 16.8 Å². The average molecular weight is 589 g/mol. The molecule has 2 heterocycles. The number of thioether (sulfide) groups is 1. The van der Waals surface area contributed by atoms with Crippen LogP contribution in [0, 0.1) is 0 Å². The molecular weight excluding hydrogens is 564 g/mol. The van der Waals surface area contributed by atoms with Gasteiger partial charge in [0.05, 0.1) is 31.0 Å². The van der Waals surface area contributed by atoms with E-state index in [2.05, 4.69) is 0 Å². The van der Waals surface area contributed by atoms with Crippen molar-refractivity contribution < 1.29 is 60.1 Å². The predicted octanol–water partition coefficient (Wildman–Crippen LogP) is 0.920. The molecule has 192 valence electrons. The van der Waals surface area contributed by atoms with E-state index in [1.807, 2.05) is 77.1 Å². The Labute approximate surface area is 247 Å². The fourth-order valence-electron chi connectivity index (χ4n) is 4.01. The molecule has 0 bridgehead atoms. The summed E-state index contributed by atoms with van der Waals surface area (Å²) in [5.74, 6) is -0.835. The number of hydrogen-bond acceptors (Lipinski definition) is 9. The van der Waals surface area contributed by atoms with Gasteiger partial charge in [0.2, 0.25) is 5.52 Å². The second-order valence-electron chi connectivity index (χ2n) is 8.38. The number of aryl methyl sites for hydroxylation is 1. The number of fused-ring (bicyclic) bond motifs is 2. The molecule has 2 aromatic carbocycles. The van der Waals surface area contributed by atoms with E-state index in [0.717, 1.165) is 36.4 Å². The van der Waals surface area contributed by atoms with Gasteiger partial charge in [0, 0.05) is 41.5 Å². The second-order valence-corrected chi connectivity index (χ2v) is 13.6. The van der Waals surface area contributed by atoms with Gasteiger partial charge in [-0.1, -0.05) is 47.4 Å². The monoisotopic (exact) mass is 588 g/mol. The first-order valence-corrected chi connectivity index (χ1v) is 16.0. The van der Waals surface area contributed by atoms with Crippen LogP contribution in [0.15, 0.2) is 70.1 Å². The molecule has 37 heavy (non-hydrogen) atoms. The maximum Gasteiger partial charge on any atom is 1.00 e. The largest absolute Gasteiger partial charge is 1.00 e. The van der Waals surface area contributed by atoms with E-state index in [-0.39, 0.29) is 42.4 Å². The van der Waals surface area contributed by atoms with Crippen molar-refractivity contribution in [2.45, 2.75) is 31.2 Å². The third-order valence-electron chi connectivity index (χ3n) is 5.53. The number of benzene rings is 2. The molecule has 4 rings (SSSR count). The van der Waals surface area contributed by atoms with Crippen molar-refractivity contribution in [3.05, 3.63) is 70.2 Å². The molecule has 13 heteroatoms. The zero-order valence-electron chi connectivity index (χ0n) is 20.5. The fourth-order valence-corrected chi connectivity index (χ4v) is 7.38. The Bertz CT molecular complexity index is 1550.